The summed E-state index contributed by atoms with van der Waals surface area (Å²) in [6.45, 7) is 5.20. The van der Waals surface area contributed by atoms with E-state index in [0.717, 1.165) is 32.4 Å². The van der Waals surface area contributed by atoms with Crippen LogP contribution in [0.15, 0.2) is 24.5 Å². The van der Waals surface area contributed by atoms with Crippen molar-refractivity contribution in [2.75, 3.05) is 26.2 Å². The maximum atomic E-state index is 12.3. The maximum Gasteiger partial charge on any atom is 0.317 e. The Labute approximate surface area is 157 Å². The molecule has 0 bridgehead atoms. The number of hydrogen-bond donors (Lipinski definition) is 1. The van der Waals surface area contributed by atoms with Crippen molar-refractivity contribution in [2.45, 2.75) is 58.0 Å². The Morgan fingerprint density at radius 2 is 2.08 bits per heavy atom. The largest absolute Gasteiger partial charge is 0.376 e. The lowest BCUT2D eigenvalue weighted by molar-refractivity contribution is -0.00279. The molecular weight excluding hydrogens is 326 g/mol. The van der Waals surface area contributed by atoms with Crippen LogP contribution < -0.4 is 5.32 Å². The number of piperidine rings is 1. The monoisotopic (exact) mass is 359 g/mol. The minimum Gasteiger partial charge on any atom is -0.376 e. The van der Waals surface area contributed by atoms with Crippen molar-refractivity contribution in [3.05, 3.63) is 30.1 Å². The molecule has 1 aliphatic heterocycles. The molecule has 2 aliphatic rings. The topological polar surface area (TPSA) is 54.5 Å². The molecule has 144 valence electrons. The van der Waals surface area contributed by atoms with E-state index in [4.69, 9.17) is 4.74 Å². The van der Waals surface area contributed by atoms with Crippen molar-refractivity contribution >= 4 is 6.03 Å². The fourth-order valence-electron chi connectivity index (χ4n) is 4.20. The van der Waals surface area contributed by atoms with Gasteiger partial charge in [-0.15, -0.1) is 0 Å². The van der Waals surface area contributed by atoms with Crippen molar-refractivity contribution in [1.29, 1.82) is 0 Å². The van der Waals surface area contributed by atoms with Crippen molar-refractivity contribution < 1.29 is 9.53 Å². The smallest absolute Gasteiger partial charge is 0.317 e. The fraction of sp³-hybridized carbons (Fsp3) is 0.714. The highest BCUT2D eigenvalue weighted by Gasteiger charge is 2.24. The molecule has 2 amide bonds. The predicted molar refractivity (Wildman–Crippen MR) is 103 cm³/mol. The van der Waals surface area contributed by atoms with E-state index in [1.165, 1.54) is 31.2 Å². The predicted octanol–water partition coefficient (Wildman–Crippen LogP) is 3.64. The first kappa shape index (κ1) is 19.2. The summed E-state index contributed by atoms with van der Waals surface area (Å²) in [6, 6.07) is 4.19. The van der Waals surface area contributed by atoms with Gasteiger partial charge in [-0.1, -0.05) is 25.8 Å². The van der Waals surface area contributed by atoms with Gasteiger partial charge < -0.3 is 15.0 Å². The molecule has 2 atom stereocenters. The third-order valence-electron chi connectivity index (χ3n) is 5.89. The quantitative estimate of drug-likeness (QED) is 0.789. The maximum absolute atomic E-state index is 12.3. The normalized spacial score (nSPS) is 24.4. The minimum absolute atomic E-state index is 0.0603. The molecule has 1 aromatic rings. The average molecular weight is 360 g/mol. The van der Waals surface area contributed by atoms with Gasteiger partial charge in [0.25, 0.3) is 0 Å². The van der Waals surface area contributed by atoms with Gasteiger partial charge in [-0.05, 0) is 55.6 Å². The number of nitrogens with one attached hydrogen (secondary N) is 1. The van der Waals surface area contributed by atoms with Gasteiger partial charge in [0.15, 0.2) is 0 Å². The number of nitrogens with zero attached hydrogens (tertiary/aromatic N) is 2. The van der Waals surface area contributed by atoms with Crippen molar-refractivity contribution in [1.82, 2.24) is 15.2 Å². The first-order valence-corrected chi connectivity index (χ1v) is 10.3. The molecule has 0 aromatic carbocycles. The summed E-state index contributed by atoms with van der Waals surface area (Å²) in [5, 5.41) is 3.02. The zero-order valence-corrected chi connectivity index (χ0v) is 16.0. The van der Waals surface area contributed by atoms with E-state index in [1.54, 1.807) is 0 Å². The molecule has 1 aromatic heterocycles. The van der Waals surface area contributed by atoms with Crippen LogP contribution in [-0.2, 0) is 11.2 Å². The molecule has 0 spiro atoms. The van der Waals surface area contributed by atoms with E-state index in [-0.39, 0.29) is 6.03 Å². The van der Waals surface area contributed by atoms with E-state index in [1.807, 2.05) is 23.4 Å². The summed E-state index contributed by atoms with van der Waals surface area (Å²) in [7, 11) is 0. The summed E-state index contributed by atoms with van der Waals surface area (Å²) in [5.41, 5.74) is 1.30. The van der Waals surface area contributed by atoms with Gasteiger partial charge >= 0.3 is 6.03 Å². The number of amides is 2. The van der Waals surface area contributed by atoms with Crippen LogP contribution in [0.2, 0.25) is 0 Å². The van der Waals surface area contributed by atoms with Crippen molar-refractivity contribution in [2.24, 2.45) is 11.8 Å². The molecule has 26 heavy (non-hydrogen) atoms. The van der Waals surface area contributed by atoms with Crippen molar-refractivity contribution in [3.63, 3.8) is 0 Å². The molecule has 1 saturated carbocycles. The Morgan fingerprint density at radius 3 is 2.81 bits per heavy atom. The molecular formula is C21H33N3O2. The standard InChI is InChI=1S/C21H33N3O2/c1-17-5-2-3-7-20(17)26-14-11-23-21(25)24-12-8-18(9-13-24)15-19-6-4-10-22-16-19/h4,6,10,16-18,20H,2-3,5,7-9,11-15H2,1H3,(H,23,25). The number of likely N-dealkylation sites (tertiary alicyclic amines) is 1. The summed E-state index contributed by atoms with van der Waals surface area (Å²) in [6.07, 6.45) is 12.4. The number of carbonyl (C=O) groups is 1. The van der Waals surface area contributed by atoms with Crippen LogP contribution in [0.5, 0.6) is 0 Å². The molecule has 3 rings (SSSR count). The lowest BCUT2D eigenvalue weighted by Gasteiger charge is -2.32. The third kappa shape index (κ3) is 5.70. The zero-order valence-electron chi connectivity index (χ0n) is 16.0. The number of carbonyl (C=O) groups excluding carboxylic acids is 1. The van der Waals surface area contributed by atoms with Gasteiger partial charge in [0.2, 0.25) is 0 Å². The second kappa shape index (κ2) is 9.91. The minimum atomic E-state index is 0.0603. The van der Waals surface area contributed by atoms with Gasteiger partial charge in [0, 0.05) is 32.0 Å². The number of pyridine rings is 1. The van der Waals surface area contributed by atoms with Crippen LogP contribution >= 0.6 is 0 Å². The van der Waals surface area contributed by atoms with Crippen LogP contribution in [0.3, 0.4) is 0 Å². The second-order valence-electron chi connectivity index (χ2n) is 7.90. The number of hydrogen-bond acceptors (Lipinski definition) is 3. The van der Waals surface area contributed by atoms with E-state index in [2.05, 4.69) is 23.3 Å². The molecule has 1 N–H and O–H groups in total. The molecule has 2 unspecified atom stereocenters. The Balaban J connectivity index is 1.30. The third-order valence-corrected chi connectivity index (χ3v) is 5.89. The van der Waals surface area contributed by atoms with Gasteiger partial charge in [-0.3, -0.25) is 4.98 Å². The zero-order chi connectivity index (χ0) is 18.2. The average Bonchev–Trinajstić information content (AvgIpc) is 2.68. The van der Waals surface area contributed by atoms with Gasteiger partial charge in [-0.2, -0.15) is 0 Å². The van der Waals surface area contributed by atoms with Gasteiger partial charge in [0.1, 0.15) is 0 Å². The number of urea groups is 1. The van der Waals surface area contributed by atoms with Gasteiger partial charge in [-0.25, -0.2) is 4.79 Å². The Morgan fingerprint density at radius 1 is 1.27 bits per heavy atom. The Kier molecular flexibility index (Phi) is 7.30. The molecule has 5 heteroatoms. The molecule has 2 fully saturated rings. The lowest BCUT2D eigenvalue weighted by atomic mass is 9.88. The van der Waals surface area contributed by atoms with E-state index in [0.29, 0.717) is 31.1 Å². The summed E-state index contributed by atoms with van der Waals surface area (Å²) in [4.78, 5) is 18.5. The van der Waals surface area contributed by atoms with E-state index >= 15 is 0 Å². The fourth-order valence-corrected chi connectivity index (χ4v) is 4.20. The highest BCUT2D eigenvalue weighted by atomic mass is 16.5. The van der Waals surface area contributed by atoms with Crippen LogP contribution in [0, 0.1) is 11.8 Å². The Bertz CT molecular complexity index is 543. The van der Waals surface area contributed by atoms with Crippen molar-refractivity contribution in [3.8, 4) is 0 Å². The first-order chi connectivity index (χ1) is 12.7. The SMILES string of the molecule is CC1CCCCC1OCCNC(=O)N1CCC(Cc2cccnc2)CC1. The molecule has 1 saturated heterocycles. The molecule has 5 nitrogen and oxygen atoms in total. The van der Waals surface area contributed by atoms with Gasteiger partial charge in [0.05, 0.1) is 12.7 Å². The number of rotatable bonds is 6. The highest BCUT2D eigenvalue weighted by molar-refractivity contribution is 5.74. The second-order valence-corrected chi connectivity index (χ2v) is 7.90. The molecule has 1 aliphatic carbocycles. The molecule has 0 radical (unpaired) electrons. The van der Waals surface area contributed by atoms with Crippen LogP contribution in [0.1, 0.15) is 51.0 Å². The van der Waals surface area contributed by atoms with E-state index in [9.17, 15) is 4.79 Å². The van der Waals surface area contributed by atoms with Crippen LogP contribution in [0.4, 0.5) is 4.79 Å². The Hall–Kier alpha value is -1.62. The van der Waals surface area contributed by atoms with E-state index < -0.39 is 0 Å². The lowest BCUT2D eigenvalue weighted by Crippen LogP contribution is -2.45. The first-order valence-electron chi connectivity index (χ1n) is 10.3. The summed E-state index contributed by atoms with van der Waals surface area (Å²) < 4.78 is 5.98. The molecule has 2 heterocycles. The summed E-state index contributed by atoms with van der Waals surface area (Å²) in [5.74, 6) is 1.30. The highest BCUT2D eigenvalue weighted by Crippen LogP contribution is 2.26. The summed E-state index contributed by atoms with van der Waals surface area (Å²) >= 11 is 0. The van der Waals surface area contributed by atoms with Crippen LogP contribution in [-0.4, -0.2) is 48.3 Å². The van der Waals surface area contributed by atoms with Crippen LogP contribution in [0.25, 0.3) is 0 Å². The number of ether oxygens (including phenoxy) is 1. The number of aromatic nitrogens is 1.